The van der Waals surface area contributed by atoms with Gasteiger partial charge in [-0.1, -0.05) is 0 Å². The Morgan fingerprint density at radius 3 is 2.50 bits per heavy atom. The molecule has 2 aliphatic rings. The predicted molar refractivity (Wildman–Crippen MR) is 49.0 cm³/mol. The lowest BCUT2D eigenvalue weighted by atomic mass is 9.91. The van der Waals surface area contributed by atoms with E-state index in [1.807, 2.05) is 0 Å². The highest BCUT2D eigenvalue weighted by Gasteiger charge is 2.50. The molecule has 2 nitrogen and oxygen atoms in total. The van der Waals surface area contributed by atoms with Gasteiger partial charge in [0.05, 0.1) is 6.61 Å². The minimum Gasteiger partial charge on any atom is -0.396 e. The van der Waals surface area contributed by atoms with Crippen LogP contribution in [-0.2, 0) is 0 Å². The quantitative estimate of drug-likeness (QED) is 0.687. The Morgan fingerprint density at radius 1 is 1.58 bits per heavy atom. The molecule has 1 N–H and O–H groups in total. The summed E-state index contributed by atoms with van der Waals surface area (Å²) in [5, 5.41) is 9.26. The molecule has 2 unspecified atom stereocenters. The molecule has 0 radical (unpaired) electrons. The molecule has 2 atom stereocenters. The van der Waals surface area contributed by atoms with Gasteiger partial charge in [-0.25, -0.2) is 0 Å². The van der Waals surface area contributed by atoms with Crippen molar-refractivity contribution < 1.29 is 5.11 Å². The van der Waals surface area contributed by atoms with E-state index in [1.54, 1.807) is 0 Å². The van der Waals surface area contributed by atoms with Crippen molar-refractivity contribution in [2.45, 2.75) is 45.2 Å². The van der Waals surface area contributed by atoms with Crippen molar-refractivity contribution in [2.24, 2.45) is 5.41 Å². The van der Waals surface area contributed by atoms with Crippen molar-refractivity contribution in [3.05, 3.63) is 0 Å². The van der Waals surface area contributed by atoms with Crippen molar-refractivity contribution in [3.63, 3.8) is 0 Å². The maximum absolute atomic E-state index is 9.26. The van der Waals surface area contributed by atoms with Crippen LogP contribution in [0, 0.1) is 5.41 Å². The van der Waals surface area contributed by atoms with E-state index in [2.05, 4.69) is 18.7 Å². The summed E-state index contributed by atoms with van der Waals surface area (Å²) in [7, 11) is 0. The topological polar surface area (TPSA) is 23.5 Å². The van der Waals surface area contributed by atoms with E-state index >= 15 is 0 Å². The van der Waals surface area contributed by atoms with Crippen LogP contribution in [0.2, 0.25) is 0 Å². The van der Waals surface area contributed by atoms with Crippen LogP contribution in [0.15, 0.2) is 0 Å². The molecule has 0 bridgehead atoms. The van der Waals surface area contributed by atoms with Crippen LogP contribution >= 0.6 is 0 Å². The Hall–Kier alpha value is -0.0800. The van der Waals surface area contributed by atoms with Gasteiger partial charge in [0, 0.05) is 24.0 Å². The lowest BCUT2D eigenvalue weighted by molar-refractivity contribution is 0.00652. The summed E-state index contributed by atoms with van der Waals surface area (Å²) in [6.07, 6.45) is 3.80. The maximum atomic E-state index is 9.26. The number of aliphatic hydroxyl groups is 1. The Labute approximate surface area is 74.6 Å². The van der Waals surface area contributed by atoms with Crippen LogP contribution in [-0.4, -0.2) is 35.2 Å². The molecule has 0 spiro atoms. The molecule has 12 heavy (non-hydrogen) atoms. The molecule has 0 aromatic rings. The van der Waals surface area contributed by atoms with Crippen LogP contribution in [0.5, 0.6) is 0 Å². The largest absolute Gasteiger partial charge is 0.396 e. The summed E-state index contributed by atoms with van der Waals surface area (Å²) in [6.45, 7) is 6.19. The van der Waals surface area contributed by atoms with Crippen molar-refractivity contribution in [2.75, 3.05) is 13.2 Å². The monoisotopic (exact) mass is 169 g/mol. The van der Waals surface area contributed by atoms with Crippen LogP contribution < -0.4 is 0 Å². The Kier molecular flexibility index (Phi) is 1.92. The van der Waals surface area contributed by atoms with Crippen LogP contribution in [0.4, 0.5) is 0 Å². The van der Waals surface area contributed by atoms with E-state index in [0.717, 1.165) is 6.04 Å². The van der Waals surface area contributed by atoms with E-state index in [0.29, 0.717) is 12.6 Å². The fourth-order valence-corrected chi connectivity index (χ4v) is 2.33. The smallest absolute Gasteiger partial charge is 0.0502 e. The van der Waals surface area contributed by atoms with Gasteiger partial charge in [0.15, 0.2) is 0 Å². The molecule has 70 valence electrons. The standard InChI is InChI=1S/C10H19NO/c1-8-3-6-11(8)9(2)10(7-12)4-5-10/h8-9,12H,3-7H2,1-2H3. The average molecular weight is 169 g/mol. The Balaban J connectivity index is 1.95. The van der Waals surface area contributed by atoms with Gasteiger partial charge < -0.3 is 5.11 Å². The van der Waals surface area contributed by atoms with Gasteiger partial charge in [-0.2, -0.15) is 0 Å². The van der Waals surface area contributed by atoms with E-state index < -0.39 is 0 Å². The van der Waals surface area contributed by atoms with Crippen molar-refractivity contribution >= 4 is 0 Å². The third-order valence-corrected chi connectivity index (χ3v) is 3.96. The first-order chi connectivity index (χ1) is 5.69. The first kappa shape index (κ1) is 8.52. The summed E-state index contributed by atoms with van der Waals surface area (Å²) in [5.41, 5.74) is 0.286. The van der Waals surface area contributed by atoms with Gasteiger partial charge in [0.2, 0.25) is 0 Å². The predicted octanol–water partition coefficient (Wildman–Crippen LogP) is 1.24. The second-order valence-electron chi connectivity index (χ2n) is 4.57. The molecule has 2 fully saturated rings. The highest BCUT2D eigenvalue weighted by Crippen LogP contribution is 2.51. The zero-order valence-electron chi connectivity index (χ0n) is 8.08. The lowest BCUT2D eigenvalue weighted by Crippen LogP contribution is -2.54. The molecule has 1 heterocycles. The van der Waals surface area contributed by atoms with Crippen molar-refractivity contribution in [1.29, 1.82) is 0 Å². The third-order valence-electron chi connectivity index (χ3n) is 3.96. The Bertz CT molecular complexity index is 177. The zero-order valence-corrected chi connectivity index (χ0v) is 8.08. The molecule has 1 aliphatic heterocycles. The highest BCUT2D eigenvalue weighted by atomic mass is 16.3. The molecule has 1 aliphatic carbocycles. The van der Waals surface area contributed by atoms with Gasteiger partial charge in [0.1, 0.15) is 0 Å². The molecule has 0 amide bonds. The highest BCUT2D eigenvalue weighted by molar-refractivity contribution is 5.03. The summed E-state index contributed by atoms with van der Waals surface area (Å²) in [4.78, 5) is 2.53. The summed E-state index contributed by atoms with van der Waals surface area (Å²) >= 11 is 0. The number of rotatable bonds is 3. The first-order valence-electron chi connectivity index (χ1n) is 5.06. The number of aliphatic hydroxyl groups excluding tert-OH is 1. The average Bonchev–Trinajstić information content (AvgIpc) is 2.82. The second-order valence-corrected chi connectivity index (χ2v) is 4.57. The summed E-state index contributed by atoms with van der Waals surface area (Å²) in [6, 6.07) is 1.36. The van der Waals surface area contributed by atoms with E-state index in [4.69, 9.17) is 0 Å². The third kappa shape index (κ3) is 1.09. The molecular weight excluding hydrogens is 150 g/mol. The molecule has 0 aromatic carbocycles. The molecular formula is C10H19NO. The minimum atomic E-state index is 0.286. The normalized spacial score (nSPS) is 35.8. The molecule has 1 saturated heterocycles. The zero-order chi connectivity index (χ0) is 8.77. The van der Waals surface area contributed by atoms with Gasteiger partial charge >= 0.3 is 0 Å². The van der Waals surface area contributed by atoms with Crippen molar-refractivity contribution in [3.8, 4) is 0 Å². The van der Waals surface area contributed by atoms with E-state index in [1.165, 1.54) is 25.8 Å². The number of likely N-dealkylation sites (tertiary alicyclic amines) is 1. The fourth-order valence-electron chi connectivity index (χ4n) is 2.33. The van der Waals surface area contributed by atoms with Gasteiger partial charge in [0.25, 0.3) is 0 Å². The van der Waals surface area contributed by atoms with E-state index in [9.17, 15) is 5.11 Å². The van der Waals surface area contributed by atoms with Gasteiger partial charge in [-0.05, 0) is 33.1 Å². The number of hydrogen-bond donors (Lipinski definition) is 1. The number of nitrogens with zero attached hydrogens (tertiary/aromatic N) is 1. The van der Waals surface area contributed by atoms with Crippen LogP contribution in [0.25, 0.3) is 0 Å². The minimum absolute atomic E-state index is 0.286. The maximum Gasteiger partial charge on any atom is 0.0502 e. The van der Waals surface area contributed by atoms with Gasteiger partial charge in [-0.15, -0.1) is 0 Å². The number of hydrogen-bond acceptors (Lipinski definition) is 2. The van der Waals surface area contributed by atoms with E-state index in [-0.39, 0.29) is 5.41 Å². The lowest BCUT2D eigenvalue weighted by Gasteiger charge is -2.46. The van der Waals surface area contributed by atoms with Crippen LogP contribution in [0.3, 0.4) is 0 Å². The van der Waals surface area contributed by atoms with Crippen LogP contribution in [0.1, 0.15) is 33.1 Å². The Morgan fingerprint density at radius 2 is 2.25 bits per heavy atom. The van der Waals surface area contributed by atoms with Gasteiger partial charge in [-0.3, -0.25) is 4.90 Å². The summed E-state index contributed by atoms with van der Waals surface area (Å²) in [5.74, 6) is 0. The first-order valence-corrected chi connectivity index (χ1v) is 5.06. The molecule has 0 aromatic heterocycles. The second kappa shape index (κ2) is 2.71. The fraction of sp³-hybridized carbons (Fsp3) is 1.00. The molecule has 1 saturated carbocycles. The molecule has 2 rings (SSSR count). The van der Waals surface area contributed by atoms with Crippen molar-refractivity contribution in [1.82, 2.24) is 4.90 Å². The summed E-state index contributed by atoms with van der Waals surface area (Å²) < 4.78 is 0. The molecule has 2 heteroatoms. The SMILES string of the molecule is CC1CCN1C(C)C1(CO)CC1.